The van der Waals surface area contributed by atoms with Gasteiger partial charge in [-0.2, -0.15) is 0 Å². The van der Waals surface area contributed by atoms with E-state index in [1.54, 1.807) is 22.5 Å². The number of para-hydroxylation sites is 3. The van der Waals surface area contributed by atoms with Crippen molar-refractivity contribution in [1.29, 1.82) is 0 Å². The minimum atomic E-state index is 0.149. The molecule has 5 aliphatic rings. The monoisotopic (exact) mass is 749 g/mol. The third-order valence-corrected chi connectivity index (χ3v) is 16.0. The topological polar surface area (TPSA) is 22.8 Å². The van der Waals surface area contributed by atoms with Crippen molar-refractivity contribution in [2.75, 3.05) is 0 Å². The summed E-state index contributed by atoms with van der Waals surface area (Å²) in [5.74, 6) is 3.36. The molecule has 4 bridgehead atoms. The quantitative estimate of drug-likeness (QED) is 0.176. The SMILES string of the molecule is c1ccc2c(c1)-c1ccc(-n3c4ccccc4c4cc(-c5ccc6c(c5)c5ccccc5n6-c5nc6ccccc6s5)ccc43)cc1C21C2CC3CC(C2)CC1C3. The second-order valence-electron chi connectivity index (χ2n) is 17.6. The third-order valence-electron chi connectivity index (χ3n) is 14.9. The number of nitrogens with zero attached hydrogens (tertiary/aromatic N) is 3. The van der Waals surface area contributed by atoms with Gasteiger partial charge in [0, 0.05) is 32.6 Å². The first kappa shape index (κ1) is 31.2. The Morgan fingerprint density at radius 3 is 1.77 bits per heavy atom. The van der Waals surface area contributed by atoms with E-state index in [9.17, 15) is 0 Å². The molecule has 5 aliphatic carbocycles. The van der Waals surface area contributed by atoms with E-state index in [-0.39, 0.29) is 5.41 Å². The van der Waals surface area contributed by atoms with Gasteiger partial charge in [0.05, 0.1) is 32.3 Å². The van der Waals surface area contributed by atoms with E-state index in [0.717, 1.165) is 34.3 Å². The zero-order valence-corrected chi connectivity index (χ0v) is 32.3. The van der Waals surface area contributed by atoms with E-state index >= 15 is 0 Å². The van der Waals surface area contributed by atoms with Crippen molar-refractivity contribution < 1.29 is 0 Å². The predicted molar refractivity (Wildman–Crippen MR) is 237 cm³/mol. The second kappa shape index (κ2) is 11.1. The molecule has 0 amide bonds. The molecule has 0 unspecified atom stereocenters. The normalized spacial score (nSPS) is 23.2. The Balaban J connectivity index is 0.934. The molecule has 57 heavy (non-hydrogen) atoms. The maximum atomic E-state index is 5.08. The maximum absolute atomic E-state index is 5.08. The first-order valence-electron chi connectivity index (χ1n) is 20.9. The highest BCUT2D eigenvalue weighted by Gasteiger charge is 2.61. The number of rotatable bonds is 3. The summed E-state index contributed by atoms with van der Waals surface area (Å²) in [5.41, 5.74) is 16.1. The van der Waals surface area contributed by atoms with Crippen LogP contribution in [0.25, 0.3) is 86.9 Å². The Labute approximate surface area is 334 Å². The highest BCUT2D eigenvalue weighted by atomic mass is 32.1. The summed E-state index contributed by atoms with van der Waals surface area (Å²) < 4.78 is 6.11. The minimum Gasteiger partial charge on any atom is -0.309 e. The first-order valence-corrected chi connectivity index (χ1v) is 21.7. The molecule has 3 nitrogen and oxygen atoms in total. The van der Waals surface area contributed by atoms with E-state index < -0.39 is 0 Å². The average molecular weight is 750 g/mol. The number of aromatic nitrogens is 3. The number of hydrogen-bond acceptors (Lipinski definition) is 2. The molecule has 0 aliphatic heterocycles. The van der Waals surface area contributed by atoms with E-state index in [4.69, 9.17) is 4.98 Å². The number of benzene rings is 7. The molecule has 4 saturated carbocycles. The number of hydrogen-bond donors (Lipinski definition) is 0. The van der Waals surface area contributed by atoms with Gasteiger partial charge in [0.15, 0.2) is 5.13 Å². The molecule has 10 aromatic rings. The summed E-state index contributed by atoms with van der Waals surface area (Å²) >= 11 is 1.75. The van der Waals surface area contributed by atoms with Crippen molar-refractivity contribution in [3.8, 4) is 33.1 Å². The van der Waals surface area contributed by atoms with Crippen molar-refractivity contribution in [3.05, 3.63) is 163 Å². The molecule has 0 atom stereocenters. The largest absolute Gasteiger partial charge is 0.309 e. The smallest absolute Gasteiger partial charge is 0.195 e. The first-order chi connectivity index (χ1) is 28.2. The average Bonchev–Trinajstić information content (AvgIpc) is 3.99. The van der Waals surface area contributed by atoms with Gasteiger partial charge in [0.1, 0.15) is 0 Å². The lowest BCUT2D eigenvalue weighted by Crippen LogP contribution is -2.55. The van der Waals surface area contributed by atoms with Crippen LogP contribution in [0.15, 0.2) is 152 Å². The Kier molecular flexibility index (Phi) is 6.07. The standard InChI is InChI=1S/C53H39N3S/c1-4-12-44-38(9-1)39-20-19-37(30-45(39)53(44)35-24-31-23-32(26-35)27-36(53)25-31)55-47-14-6-2-10-40(47)42-28-33(17-21-49(42)55)34-18-22-50-43(29-34)41-11-3-7-15-48(41)56(50)52-54-46-13-5-8-16-51(46)57-52/h1-22,28-32,35-36H,23-27H2. The molecule has 3 heterocycles. The van der Waals surface area contributed by atoms with Gasteiger partial charge in [-0.15, -0.1) is 0 Å². The van der Waals surface area contributed by atoms with E-state index in [0.29, 0.717) is 0 Å². The zero-order chi connectivity index (χ0) is 37.0. The van der Waals surface area contributed by atoms with Crippen molar-refractivity contribution in [2.45, 2.75) is 37.5 Å². The molecule has 15 rings (SSSR count). The van der Waals surface area contributed by atoms with Gasteiger partial charge < -0.3 is 4.57 Å². The molecule has 4 fully saturated rings. The predicted octanol–water partition coefficient (Wildman–Crippen LogP) is 13.9. The van der Waals surface area contributed by atoms with Crippen LogP contribution in [-0.4, -0.2) is 14.1 Å². The minimum absolute atomic E-state index is 0.149. The summed E-state index contributed by atoms with van der Waals surface area (Å²) in [6.45, 7) is 0. The molecular weight excluding hydrogens is 711 g/mol. The highest BCUT2D eigenvalue weighted by Crippen LogP contribution is 2.69. The van der Waals surface area contributed by atoms with Gasteiger partial charge in [-0.1, -0.05) is 102 Å². The van der Waals surface area contributed by atoms with Crippen molar-refractivity contribution in [1.82, 2.24) is 14.1 Å². The van der Waals surface area contributed by atoms with Crippen LogP contribution in [0, 0.1) is 23.7 Å². The lowest BCUT2D eigenvalue weighted by atomic mass is 9.43. The number of thiazole rings is 1. The van der Waals surface area contributed by atoms with Crippen LogP contribution in [0.3, 0.4) is 0 Å². The van der Waals surface area contributed by atoms with Gasteiger partial charge in [-0.05, 0) is 150 Å². The molecule has 7 aromatic carbocycles. The van der Waals surface area contributed by atoms with Crippen molar-refractivity contribution >= 4 is 65.2 Å². The van der Waals surface area contributed by atoms with E-state index in [1.807, 2.05) is 0 Å². The zero-order valence-electron chi connectivity index (χ0n) is 31.5. The van der Waals surface area contributed by atoms with Crippen LogP contribution in [-0.2, 0) is 5.41 Å². The third kappa shape index (κ3) is 4.04. The molecular formula is C53H39N3S. The van der Waals surface area contributed by atoms with E-state index in [2.05, 4.69) is 161 Å². The fraction of sp³-hybridized carbons (Fsp3) is 0.189. The lowest BCUT2D eigenvalue weighted by Gasteiger charge is -2.61. The van der Waals surface area contributed by atoms with Crippen LogP contribution in [0.5, 0.6) is 0 Å². The van der Waals surface area contributed by atoms with Crippen LogP contribution in [0.2, 0.25) is 0 Å². The van der Waals surface area contributed by atoms with Gasteiger partial charge in [0.25, 0.3) is 0 Å². The van der Waals surface area contributed by atoms with Gasteiger partial charge in [-0.3, -0.25) is 4.57 Å². The second-order valence-corrected chi connectivity index (χ2v) is 18.6. The Bertz CT molecular complexity index is 3280. The van der Waals surface area contributed by atoms with Crippen LogP contribution in [0.4, 0.5) is 0 Å². The molecule has 0 N–H and O–H groups in total. The fourth-order valence-corrected chi connectivity index (χ4v) is 14.0. The fourth-order valence-electron chi connectivity index (χ4n) is 13.0. The summed E-state index contributed by atoms with van der Waals surface area (Å²) in [4.78, 5) is 5.08. The molecule has 3 aromatic heterocycles. The van der Waals surface area contributed by atoms with Gasteiger partial charge >= 0.3 is 0 Å². The lowest BCUT2D eigenvalue weighted by molar-refractivity contribution is -0.0399. The summed E-state index contributed by atoms with van der Waals surface area (Å²) in [6.07, 6.45) is 7.08. The van der Waals surface area contributed by atoms with Crippen molar-refractivity contribution in [2.24, 2.45) is 23.7 Å². The molecule has 4 heteroatoms. The number of fused-ring (bicyclic) bond motifs is 10. The van der Waals surface area contributed by atoms with Crippen molar-refractivity contribution in [3.63, 3.8) is 0 Å². The summed E-state index contributed by atoms with van der Waals surface area (Å²) in [7, 11) is 0. The summed E-state index contributed by atoms with van der Waals surface area (Å²) in [6, 6.07) is 57.4. The summed E-state index contributed by atoms with van der Waals surface area (Å²) in [5, 5.41) is 6.11. The Morgan fingerprint density at radius 1 is 0.474 bits per heavy atom. The van der Waals surface area contributed by atoms with Gasteiger partial charge in [0.2, 0.25) is 0 Å². The maximum Gasteiger partial charge on any atom is 0.195 e. The van der Waals surface area contributed by atoms with Crippen LogP contribution >= 0.6 is 11.3 Å². The molecule has 0 radical (unpaired) electrons. The van der Waals surface area contributed by atoms with Gasteiger partial charge in [-0.25, -0.2) is 4.98 Å². The highest BCUT2D eigenvalue weighted by molar-refractivity contribution is 7.20. The Morgan fingerprint density at radius 2 is 1.05 bits per heavy atom. The van der Waals surface area contributed by atoms with Crippen LogP contribution < -0.4 is 0 Å². The molecule has 272 valence electrons. The molecule has 0 saturated heterocycles. The molecule has 1 spiro atoms. The van der Waals surface area contributed by atoms with Crippen LogP contribution in [0.1, 0.15) is 43.2 Å². The Hall–Kier alpha value is -5.97. The van der Waals surface area contributed by atoms with E-state index in [1.165, 1.54) is 108 Å².